The summed E-state index contributed by atoms with van der Waals surface area (Å²) >= 11 is 2.31. The van der Waals surface area contributed by atoms with Gasteiger partial charge in [0.2, 0.25) is 0 Å². The highest BCUT2D eigenvalue weighted by molar-refractivity contribution is 14.1. The average molecular weight is 343 g/mol. The van der Waals surface area contributed by atoms with E-state index >= 15 is 0 Å². The third kappa shape index (κ3) is 4.00. The summed E-state index contributed by atoms with van der Waals surface area (Å²) in [7, 11) is 2.16. The first kappa shape index (κ1) is 12.9. The van der Waals surface area contributed by atoms with Crippen molar-refractivity contribution in [2.24, 2.45) is 0 Å². The maximum atomic E-state index is 5.80. The van der Waals surface area contributed by atoms with E-state index in [-0.39, 0.29) is 0 Å². The van der Waals surface area contributed by atoms with E-state index < -0.39 is 0 Å². The molecule has 0 bridgehead atoms. The van der Waals surface area contributed by atoms with E-state index in [1.165, 1.54) is 22.1 Å². The maximum Gasteiger partial charge on any atom is 0.132 e. The van der Waals surface area contributed by atoms with Gasteiger partial charge in [-0.25, -0.2) is 0 Å². The quantitative estimate of drug-likeness (QED) is 0.614. The average Bonchev–Trinajstić information content (AvgIpc) is 2.34. The number of halogens is 1. The molecule has 0 saturated carbocycles. The molecule has 0 saturated heterocycles. The predicted octanol–water partition coefficient (Wildman–Crippen LogP) is 3.32. The van der Waals surface area contributed by atoms with Crippen LogP contribution >= 0.6 is 22.6 Å². The first-order chi connectivity index (χ1) is 8.25. The SMILES string of the molecule is CN1CC=C(CCOc2ccccc2I)CC1. The van der Waals surface area contributed by atoms with E-state index in [0.29, 0.717) is 0 Å². The maximum absolute atomic E-state index is 5.80. The molecule has 0 spiro atoms. The fraction of sp³-hybridized carbons (Fsp3) is 0.429. The van der Waals surface area contributed by atoms with Crippen molar-refractivity contribution in [1.82, 2.24) is 4.90 Å². The lowest BCUT2D eigenvalue weighted by molar-refractivity contribution is 0.307. The molecule has 1 heterocycles. The molecule has 2 rings (SSSR count). The van der Waals surface area contributed by atoms with Gasteiger partial charge in [0.05, 0.1) is 10.2 Å². The normalized spacial score (nSPS) is 16.7. The third-order valence-electron chi connectivity index (χ3n) is 3.02. The van der Waals surface area contributed by atoms with Crippen LogP contribution in [0.25, 0.3) is 0 Å². The summed E-state index contributed by atoms with van der Waals surface area (Å²) in [6, 6.07) is 8.16. The Morgan fingerprint density at radius 3 is 2.88 bits per heavy atom. The lowest BCUT2D eigenvalue weighted by Gasteiger charge is -2.21. The van der Waals surface area contributed by atoms with E-state index in [9.17, 15) is 0 Å². The molecule has 1 aliphatic rings. The van der Waals surface area contributed by atoms with Crippen LogP contribution in [0.4, 0.5) is 0 Å². The van der Waals surface area contributed by atoms with E-state index in [4.69, 9.17) is 4.74 Å². The van der Waals surface area contributed by atoms with Gasteiger partial charge in [-0.2, -0.15) is 0 Å². The Hall–Kier alpha value is -0.550. The molecule has 1 aromatic rings. The minimum absolute atomic E-state index is 0.787. The monoisotopic (exact) mass is 343 g/mol. The molecule has 0 N–H and O–H groups in total. The number of para-hydroxylation sites is 1. The minimum Gasteiger partial charge on any atom is -0.492 e. The Balaban J connectivity index is 1.78. The topological polar surface area (TPSA) is 12.5 Å². The molecule has 0 aliphatic carbocycles. The molecule has 3 heteroatoms. The molecule has 1 aliphatic heterocycles. The van der Waals surface area contributed by atoms with Crippen molar-refractivity contribution in [2.45, 2.75) is 12.8 Å². The summed E-state index contributed by atoms with van der Waals surface area (Å²) in [5.74, 6) is 1.00. The van der Waals surface area contributed by atoms with E-state index in [2.05, 4.69) is 46.7 Å². The van der Waals surface area contributed by atoms with Crippen LogP contribution in [0.2, 0.25) is 0 Å². The Morgan fingerprint density at radius 1 is 1.35 bits per heavy atom. The lowest BCUT2D eigenvalue weighted by Crippen LogP contribution is -2.24. The van der Waals surface area contributed by atoms with Crippen molar-refractivity contribution in [3.8, 4) is 5.75 Å². The summed E-state index contributed by atoms with van der Waals surface area (Å²) in [5.41, 5.74) is 1.54. The summed E-state index contributed by atoms with van der Waals surface area (Å²) in [5, 5.41) is 0. The van der Waals surface area contributed by atoms with Crippen molar-refractivity contribution >= 4 is 22.6 Å². The first-order valence-corrected chi connectivity index (χ1v) is 7.07. The molecule has 92 valence electrons. The highest BCUT2D eigenvalue weighted by Gasteiger charge is 2.07. The number of ether oxygens (including phenoxy) is 1. The zero-order valence-corrected chi connectivity index (χ0v) is 12.3. The molecule has 0 unspecified atom stereocenters. The van der Waals surface area contributed by atoms with Crippen molar-refractivity contribution in [1.29, 1.82) is 0 Å². The third-order valence-corrected chi connectivity index (χ3v) is 3.91. The van der Waals surface area contributed by atoms with Crippen molar-refractivity contribution < 1.29 is 4.74 Å². The zero-order chi connectivity index (χ0) is 12.1. The van der Waals surface area contributed by atoms with Crippen LogP contribution in [0.3, 0.4) is 0 Å². The second-order valence-corrected chi connectivity index (χ2v) is 5.57. The van der Waals surface area contributed by atoms with Gasteiger partial charge >= 0.3 is 0 Å². The number of rotatable bonds is 4. The van der Waals surface area contributed by atoms with Crippen LogP contribution < -0.4 is 4.74 Å². The number of likely N-dealkylation sites (N-methyl/N-ethyl adjacent to an activating group) is 1. The van der Waals surface area contributed by atoms with Gasteiger partial charge < -0.3 is 9.64 Å². The molecular formula is C14H18INO. The number of hydrogen-bond donors (Lipinski definition) is 0. The van der Waals surface area contributed by atoms with Crippen LogP contribution in [0.15, 0.2) is 35.9 Å². The highest BCUT2D eigenvalue weighted by atomic mass is 127. The van der Waals surface area contributed by atoms with E-state index in [1.54, 1.807) is 0 Å². The van der Waals surface area contributed by atoms with Gasteiger partial charge in [0, 0.05) is 19.5 Å². The van der Waals surface area contributed by atoms with Gasteiger partial charge in [-0.05, 0) is 48.2 Å². The Kier molecular flexibility index (Phi) is 4.86. The van der Waals surface area contributed by atoms with Crippen LogP contribution in [0.1, 0.15) is 12.8 Å². The molecule has 17 heavy (non-hydrogen) atoms. The molecule has 0 atom stereocenters. The standard InChI is InChI=1S/C14H18INO/c1-16-9-6-12(7-10-16)8-11-17-14-5-3-2-4-13(14)15/h2-6H,7-11H2,1H3. The summed E-state index contributed by atoms with van der Waals surface area (Å²) in [6.07, 6.45) is 4.58. The van der Waals surface area contributed by atoms with Crippen LogP contribution in [0.5, 0.6) is 5.75 Å². The minimum atomic E-state index is 0.787. The van der Waals surface area contributed by atoms with Crippen molar-refractivity contribution in [3.05, 3.63) is 39.5 Å². The number of nitrogens with zero attached hydrogens (tertiary/aromatic N) is 1. The van der Waals surface area contributed by atoms with Crippen LogP contribution in [-0.2, 0) is 0 Å². The molecule has 0 aromatic heterocycles. The zero-order valence-electron chi connectivity index (χ0n) is 10.2. The van der Waals surface area contributed by atoms with Gasteiger partial charge in [-0.15, -0.1) is 0 Å². The number of hydrogen-bond acceptors (Lipinski definition) is 2. The Labute approximate surface area is 117 Å². The number of benzene rings is 1. The molecule has 2 nitrogen and oxygen atoms in total. The summed E-state index contributed by atoms with van der Waals surface area (Å²) in [4.78, 5) is 2.34. The van der Waals surface area contributed by atoms with Gasteiger partial charge in [0.15, 0.2) is 0 Å². The smallest absolute Gasteiger partial charge is 0.132 e. The van der Waals surface area contributed by atoms with Gasteiger partial charge in [-0.1, -0.05) is 23.8 Å². The largest absolute Gasteiger partial charge is 0.492 e. The Bertz CT molecular complexity index is 403. The van der Waals surface area contributed by atoms with E-state index in [0.717, 1.165) is 25.3 Å². The fourth-order valence-electron chi connectivity index (χ4n) is 1.89. The van der Waals surface area contributed by atoms with E-state index in [1.807, 2.05) is 18.2 Å². The predicted molar refractivity (Wildman–Crippen MR) is 79.5 cm³/mol. The van der Waals surface area contributed by atoms with Crippen LogP contribution in [0, 0.1) is 3.57 Å². The Morgan fingerprint density at radius 2 is 2.18 bits per heavy atom. The molecular weight excluding hydrogens is 325 g/mol. The van der Waals surface area contributed by atoms with Crippen molar-refractivity contribution in [3.63, 3.8) is 0 Å². The summed E-state index contributed by atoms with van der Waals surface area (Å²) < 4.78 is 6.99. The van der Waals surface area contributed by atoms with Crippen LogP contribution in [-0.4, -0.2) is 31.6 Å². The second kappa shape index (κ2) is 6.40. The fourth-order valence-corrected chi connectivity index (χ4v) is 2.44. The second-order valence-electron chi connectivity index (χ2n) is 4.40. The first-order valence-electron chi connectivity index (χ1n) is 5.99. The van der Waals surface area contributed by atoms with Crippen molar-refractivity contribution in [2.75, 3.05) is 26.7 Å². The van der Waals surface area contributed by atoms with Gasteiger partial charge in [0.25, 0.3) is 0 Å². The highest BCUT2D eigenvalue weighted by Crippen LogP contribution is 2.21. The molecule has 0 radical (unpaired) electrons. The van der Waals surface area contributed by atoms with Gasteiger partial charge in [-0.3, -0.25) is 0 Å². The molecule has 0 fully saturated rings. The molecule has 0 amide bonds. The molecule has 1 aromatic carbocycles. The summed E-state index contributed by atoms with van der Waals surface area (Å²) in [6.45, 7) is 3.04. The van der Waals surface area contributed by atoms with Gasteiger partial charge in [0.1, 0.15) is 5.75 Å². The lowest BCUT2D eigenvalue weighted by atomic mass is 10.1.